The van der Waals surface area contributed by atoms with Crippen molar-refractivity contribution in [2.75, 3.05) is 0 Å². The van der Waals surface area contributed by atoms with Gasteiger partial charge in [-0.3, -0.25) is 0 Å². The maximum absolute atomic E-state index is 9.62. The Hall–Kier alpha value is -0.850. The number of aromatic nitrogens is 3. The standard InChI is InChI=1S/C6H5N3OS2/c10-6(4-1-2-11-8-4)5-3-12-9-7-5/h1-3,6,10H. The molecule has 6 heteroatoms. The molecule has 2 heterocycles. The number of rotatable bonds is 2. The van der Waals surface area contributed by atoms with Gasteiger partial charge < -0.3 is 5.11 Å². The highest BCUT2D eigenvalue weighted by atomic mass is 32.1. The molecule has 0 aliphatic rings. The van der Waals surface area contributed by atoms with Gasteiger partial charge in [-0.25, -0.2) is 0 Å². The average Bonchev–Trinajstić information content (AvgIpc) is 2.77. The quantitative estimate of drug-likeness (QED) is 0.786. The Kier molecular flexibility index (Phi) is 2.11. The number of nitrogens with zero attached hydrogens (tertiary/aromatic N) is 3. The van der Waals surface area contributed by atoms with Gasteiger partial charge in [0.05, 0.1) is 5.69 Å². The van der Waals surface area contributed by atoms with Crippen molar-refractivity contribution >= 4 is 23.1 Å². The molecule has 0 radical (unpaired) electrons. The smallest absolute Gasteiger partial charge is 0.142 e. The lowest BCUT2D eigenvalue weighted by atomic mass is 10.2. The van der Waals surface area contributed by atoms with Crippen LogP contribution in [0.2, 0.25) is 0 Å². The van der Waals surface area contributed by atoms with Crippen molar-refractivity contribution in [3.8, 4) is 0 Å². The average molecular weight is 199 g/mol. The highest BCUT2D eigenvalue weighted by molar-refractivity contribution is 7.03. The van der Waals surface area contributed by atoms with Crippen LogP contribution in [0.1, 0.15) is 17.5 Å². The highest BCUT2D eigenvalue weighted by Crippen LogP contribution is 2.19. The maximum Gasteiger partial charge on any atom is 0.142 e. The number of aliphatic hydroxyl groups is 1. The lowest BCUT2D eigenvalue weighted by Gasteiger charge is -2.00. The van der Waals surface area contributed by atoms with Gasteiger partial charge >= 0.3 is 0 Å². The second-order valence-electron chi connectivity index (χ2n) is 2.16. The zero-order chi connectivity index (χ0) is 8.39. The fourth-order valence-corrected chi connectivity index (χ4v) is 1.82. The van der Waals surface area contributed by atoms with E-state index in [9.17, 15) is 5.11 Å². The van der Waals surface area contributed by atoms with E-state index < -0.39 is 6.10 Å². The van der Waals surface area contributed by atoms with Crippen LogP contribution in [0.5, 0.6) is 0 Å². The Labute approximate surface area is 76.8 Å². The van der Waals surface area contributed by atoms with Gasteiger partial charge in [-0.15, -0.1) is 5.10 Å². The van der Waals surface area contributed by atoms with Crippen LogP contribution >= 0.6 is 23.1 Å². The third-order valence-corrected chi connectivity index (χ3v) is 2.49. The summed E-state index contributed by atoms with van der Waals surface area (Å²) in [6, 6.07) is 1.77. The molecule has 0 spiro atoms. The normalized spacial score (nSPS) is 13.1. The van der Waals surface area contributed by atoms with Gasteiger partial charge in [0, 0.05) is 10.8 Å². The van der Waals surface area contributed by atoms with Crippen LogP contribution in [0.25, 0.3) is 0 Å². The van der Waals surface area contributed by atoms with E-state index in [0.29, 0.717) is 11.4 Å². The minimum absolute atomic E-state index is 0.561. The van der Waals surface area contributed by atoms with E-state index in [1.807, 2.05) is 5.38 Å². The highest BCUT2D eigenvalue weighted by Gasteiger charge is 2.14. The van der Waals surface area contributed by atoms with E-state index in [-0.39, 0.29) is 0 Å². The molecule has 0 fully saturated rings. The molecule has 0 aliphatic carbocycles. The molecule has 2 aromatic rings. The molecular weight excluding hydrogens is 194 g/mol. The van der Waals surface area contributed by atoms with E-state index in [2.05, 4.69) is 14.0 Å². The van der Waals surface area contributed by atoms with Gasteiger partial charge in [-0.2, -0.15) is 4.37 Å². The summed E-state index contributed by atoms with van der Waals surface area (Å²) in [5.41, 5.74) is 1.19. The van der Waals surface area contributed by atoms with Gasteiger partial charge in [0.1, 0.15) is 11.8 Å². The van der Waals surface area contributed by atoms with Crippen molar-refractivity contribution in [1.82, 2.24) is 14.0 Å². The summed E-state index contributed by atoms with van der Waals surface area (Å²) in [7, 11) is 0. The lowest BCUT2D eigenvalue weighted by molar-refractivity contribution is 0.211. The van der Waals surface area contributed by atoms with Crippen LogP contribution < -0.4 is 0 Å². The molecule has 2 rings (SSSR count). The molecule has 2 aromatic heterocycles. The van der Waals surface area contributed by atoms with Crippen LogP contribution in [0, 0.1) is 0 Å². The molecule has 0 saturated heterocycles. The van der Waals surface area contributed by atoms with Gasteiger partial charge in [-0.1, -0.05) is 4.49 Å². The number of aliphatic hydroxyl groups excluding tert-OH is 1. The zero-order valence-corrected chi connectivity index (χ0v) is 7.55. The second-order valence-corrected chi connectivity index (χ2v) is 3.43. The van der Waals surface area contributed by atoms with Crippen molar-refractivity contribution in [1.29, 1.82) is 0 Å². The van der Waals surface area contributed by atoms with Crippen molar-refractivity contribution < 1.29 is 5.11 Å². The Morgan fingerprint density at radius 2 is 2.25 bits per heavy atom. The minimum Gasteiger partial charge on any atom is -0.380 e. The van der Waals surface area contributed by atoms with Crippen LogP contribution in [0.4, 0.5) is 0 Å². The summed E-state index contributed by atoms with van der Waals surface area (Å²) in [6.07, 6.45) is -0.727. The molecule has 1 unspecified atom stereocenters. The van der Waals surface area contributed by atoms with Crippen molar-refractivity contribution in [3.05, 3.63) is 28.2 Å². The molecule has 4 nitrogen and oxygen atoms in total. The van der Waals surface area contributed by atoms with Crippen LogP contribution in [-0.2, 0) is 0 Å². The Morgan fingerprint density at radius 1 is 1.33 bits per heavy atom. The first-order valence-electron chi connectivity index (χ1n) is 3.23. The first-order chi connectivity index (χ1) is 5.88. The summed E-state index contributed by atoms with van der Waals surface area (Å²) in [4.78, 5) is 0. The van der Waals surface area contributed by atoms with E-state index >= 15 is 0 Å². The molecule has 0 aromatic carbocycles. The summed E-state index contributed by atoms with van der Waals surface area (Å²) in [6.45, 7) is 0. The van der Waals surface area contributed by atoms with Crippen molar-refractivity contribution in [2.24, 2.45) is 0 Å². The topological polar surface area (TPSA) is 58.9 Å². The first kappa shape index (κ1) is 7.78. The molecule has 0 saturated carbocycles. The Balaban J connectivity index is 2.27. The van der Waals surface area contributed by atoms with Crippen LogP contribution in [0.3, 0.4) is 0 Å². The monoisotopic (exact) mass is 199 g/mol. The van der Waals surface area contributed by atoms with Gasteiger partial charge in [0.25, 0.3) is 0 Å². The minimum atomic E-state index is -0.727. The molecule has 62 valence electrons. The van der Waals surface area contributed by atoms with E-state index in [1.54, 1.807) is 11.4 Å². The van der Waals surface area contributed by atoms with Crippen molar-refractivity contribution in [2.45, 2.75) is 6.10 Å². The number of hydrogen-bond donors (Lipinski definition) is 1. The zero-order valence-electron chi connectivity index (χ0n) is 5.91. The summed E-state index contributed by atoms with van der Waals surface area (Å²) in [5, 5.41) is 16.9. The first-order valence-corrected chi connectivity index (χ1v) is 4.90. The van der Waals surface area contributed by atoms with Gasteiger partial charge in [0.2, 0.25) is 0 Å². The molecule has 1 N–H and O–H groups in total. The van der Waals surface area contributed by atoms with Gasteiger partial charge in [0.15, 0.2) is 0 Å². The third kappa shape index (κ3) is 1.36. The summed E-state index contributed by atoms with van der Waals surface area (Å²) >= 11 is 2.53. The largest absolute Gasteiger partial charge is 0.380 e. The third-order valence-electron chi connectivity index (χ3n) is 1.39. The molecule has 12 heavy (non-hydrogen) atoms. The van der Waals surface area contributed by atoms with Crippen LogP contribution in [-0.4, -0.2) is 19.1 Å². The van der Waals surface area contributed by atoms with Crippen LogP contribution in [0.15, 0.2) is 16.8 Å². The van der Waals surface area contributed by atoms with E-state index in [0.717, 1.165) is 0 Å². The maximum atomic E-state index is 9.62. The Bertz CT molecular complexity index is 297. The molecule has 0 bridgehead atoms. The van der Waals surface area contributed by atoms with E-state index in [1.165, 1.54) is 23.1 Å². The lowest BCUT2D eigenvalue weighted by Crippen LogP contribution is -1.99. The predicted molar refractivity (Wildman–Crippen MR) is 46.1 cm³/mol. The fraction of sp³-hybridized carbons (Fsp3) is 0.167. The molecule has 1 atom stereocenters. The summed E-state index contributed by atoms with van der Waals surface area (Å²) < 4.78 is 7.66. The Morgan fingerprint density at radius 3 is 2.83 bits per heavy atom. The van der Waals surface area contributed by atoms with E-state index in [4.69, 9.17) is 0 Å². The molecular formula is C6H5N3OS2. The van der Waals surface area contributed by atoms with Gasteiger partial charge in [-0.05, 0) is 29.1 Å². The second kappa shape index (κ2) is 3.26. The fourth-order valence-electron chi connectivity index (χ4n) is 0.805. The van der Waals surface area contributed by atoms with Crippen molar-refractivity contribution in [3.63, 3.8) is 0 Å². The predicted octanol–water partition coefficient (Wildman–Crippen LogP) is 1.08. The summed E-state index contributed by atoms with van der Waals surface area (Å²) in [5.74, 6) is 0. The molecule has 0 aliphatic heterocycles. The number of hydrogen-bond acceptors (Lipinski definition) is 6. The molecule has 0 amide bonds. The SMILES string of the molecule is OC(c1csnn1)c1ccsn1.